The highest BCUT2D eigenvalue weighted by molar-refractivity contribution is 7.89. The van der Waals surface area contributed by atoms with E-state index in [-0.39, 0.29) is 66.6 Å². The summed E-state index contributed by atoms with van der Waals surface area (Å²) in [6.07, 6.45) is -0.635. The van der Waals surface area contributed by atoms with Gasteiger partial charge < -0.3 is 24.8 Å². The van der Waals surface area contributed by atoms with Crippen molar-refractivity contribution in [3.63, 3.8) is 0 Å². The van der Waals surface area contributed by atoms with Crippen LogP contribution in [0.4, 0.5) is 25.1 Å². The number of aromatic nitrogens is 1. The third-order valence-electron chi connectivity index (χ3n) is 8.21. The number of rotatable bonds is 6. The molecule has 0 bridgehead atoms. The van der Waals surface area contributed by atoms with Crippen molar-refractivity contribution < 1.29 is 36.6 Å². The number of sulfonamides is 1. The number of nitrogens with one attached hydrogen (secondary N) is 1. The normalized spacial score (nSPS) is 24.0. The number of fused-ring (bicyclic) bond motifs is 3. The lowest BCUT2D eigenvalue weighted by molar-refractivity contribution is -0.0753. The van der Waals surface area contributed by atoms with Gasteiger partial charge in [0.1, 0.15) is 29.4 Å². The van der Waals surface area contributed by atoms with E-state index >= 15 is 8.78 Å². The van der Waals surface area contributed by atoms with Crippen molar-refractivity contribution in [3.8, 4) is 5.75 Å². The standard InChI is InChI=1S/C26H30ClF2N5O6S/c27-23-11-17(26(28,29)16-3-5-30-6-4-16)12-24(31-23)32-7-9-33(10-8-32)41(37,38)18-1-2-19-21(13-18)39-15-20-22(14-35)40-25(36)34(19)20/h1-2,11-13,16,20,22,30,35H,3-10,14-15H2/t20-,22+/m0/s1. The Morgan fingerprint density at radius 1 is 1.12 bits per heavy atom. The summed E-state index contributed by atoms with van der Waals surface area (Å²) in [7, 11) is -3.93. The van der Waals surface area contributed by atoms with Crippen LogP contribution in [-0.4, -0.2) is 93.5 Å². The Labute approximate surface area is 241 Å². The molecule has 2 aromatic rings. The van der Waals surface area contributed by atoms with Crippen LogP contribution in [0.5, 0.6) is 5.75 Å². The zero-order chi connectivity index (χ0) is 28.9. The first-order valence-corrected chi connectivity index (χ1v) is 15.3. The van der Waals surface area contributed by atoms with Gasteiger partial charge in [-0.1, -0.05) is 11.6 Å². The van der Waals surface area contributed by atoms with Crippen LogP contribution in [0.2, 0.25) is 5.15 Å². The molecule has 0 saturated carbocycles. The molecule has 2 N–H and O–H groups in total. The molecule has 11 nitrogen and oxygen atoms in total. The molecule has 2 atom stereocenters. The fourth-order valence-electron chi connectivity index (χ4n) is 5.89. The molecule has 222 valence electrons. The molecule has 1 aromatic carbocycles. The first-order valence-electron chi connectivity index (χ1n) is 13.5. The molecule has 4 aliphatic heterocycles. The average molecular weight is 614 g/mol. The van der Waals surface area contributed by atoms with Gasteiger partial charge in [0.2, 0.25) is 10.0 Å². The first kappa shape index (κ1) is 28.3. The number of carbonyl (C=O) groups excluding carboxylic acids is 1. The number of alkyl halides is 2. The predicted molar refractivity (Wildman–Crippen MR) is 145 cm³/mol. The van der Waals surface area contributed by atoms with Crippen molar-refractivity contribution in [2.45, 2.75) is 35.8 Å². The largest absolute Gasteiger partial charge is 0.489 e. The molecule has 0 radical (unpaired) electrons. The summed E-state index contributed by atoms with van der Waals surface area (Å²) in [4.78, 5) is 19.7. The van der Waals surface area contributed by atoms with Crippen molar-refractivity contribution in [1.29, 1.82) is 0 Å². The molecule has 1 aromatic heterocycles. The number of pyridine rings is 1. The molecule has 0 aliphatic carbocycles. The number of anilines is 2. The van der Waals surface area contributed by atoms with Crippen LogP contribution in [0.3, 0.4) is 0 Å². The maximum absolute atomic E-state index is 15.4. The second kappa shape index (κ2) is 10.8. The van der Waals surface area contributed by atoms with E-state index in [1.165, 1.54) is 39.5 Å². The summed E-state index contributed by atoms with van der Waals surface area (Å²) >= 11 is 6.17. The molecule has 41 heavy (non-hydrogen) atoms. The van der Waals surface area contributed by atoms with Gasteiger partial charge in [0.05, 0.1) is 17.2 Å². The van der Waals surface area contributed by atoms with E-state index in [0.717, 1.165) is 0 Å². The number of hydrogen-bond donors (Lipinski definition) is 2. The van der Waals surface area contributed by atoms with Crippen LogP contribution in [0.15, 0.2) is 35.2 Å². The summed E-state index contributed by atoms with van der Waals surface area (Å²) < 4.78 is 69.9. The van der Waals surface area contributed by atoms with Gasteiger partial charge in [-0.05, 0) is 50.2 Å². The van der Waals surface area contributed by atoms with Gasteiger partial charge in [0.25, 0.3) is 5.92 Å². The highest BCUT2D eigenvalue weighted by atomic mass is 35.5. The highest BCUT2D eigenvalue weighted by Gasteiger charge is 2.47. The Morgan fingerprint density at radius 2 is 1.85 bits per heavy atom. The van der Waals surface area contributed by atoms with Gasteiger partial charge in [-0.25, -0.2) is 27.0 Å². The van der Waals surface area contributed by atoms with Gasteiger partial charge in [0, 0.05) is 43.7 Å². The fraction of sp³-hybridized carbons (Fsp3) is 0.538. The quantitative estimate of drug-likeness (QED) is 0.473. The van der Waals surface area contributed by atoms with Crippen LogP contribution in [0, 0.1) is 5.92 Å². The first-order chi connectivity index (χ1) is 19.6. The monoisotopic (exact) mass is 613 g/mol. The molecule has 5 heterocycles. The minimum atomic E-state index is -3.93. The second-order valence-electron chi connectivity index (χ2n) is 10.6. The van der Waals surface area contributed by atoms with Crippen LogP contribution in [0.25, 0.3) is 0 Å². The van der Waals surface area contributed by atoms with Gasteiger partial charge in [-0.15, -0.1) is 0 Å². The average Bonchev–Trinajstić information content (AvgIpc) is 3.32. The third-order valence-corrected chi connectivity index (χ3v) is 10.3. The van der Waals surface area contributed by atoms with Crippen molar-refractivity contribution in [3.05, 3.63) is 41.0 Å². The molecule has 3 fully saturated rings. The maximum atomic E-state index is 15.4. The number of amides is 1. The van der Waals surface area contributed by atoms with Crippen molar-refractivity contribution >= 4 is 39.2 Å². The lowest BCUT2D eigenvalue weighted by Crippen LogP contribution is -2.49. The van der Waals surface area contributed by atoms with Gasteiger partial charge in [-0.3, -0.25) is 4.90 Å². The molecule has 3 saturated heterocycles. The number of nitrogens with zero attached hydrogens (tertiary/aromatic N) is 4. The number of aliphatic hydroxyl groups excluding tert-OH is 1. The smallest absolute Gasteiger partial charge is 0.415 e. The SMILES string of the molecule is O=C1O[C@H](CO)[C@@H]2COc3cc(S(=O)(=O)N4CCN(c5cc(C(F)(F)C6CCNCC6)cc(Cl)n5)CC4)ccc3N12. The van der Waals surface area contributed by atoms with E-state index in [0.29, 0.717) is 31.6 Å². The molecule has 6 rings (SSSR count). The van der Waals surface area contributed by atoms with Crippen LogP contribution < -0.4 is 19.9 Å². The number of piperazine rings is 1. The van der Waals surface area contributed by atoms with E-state index in [1.807, 2.05) is 0 Å². The number of piperidine rings is 1. The number of benzene rings is 1. The fourth-order valence-corrected chi connectivity index (χ4v) is 7.54. The van der Waals surface area contributed by atoms with Gasteiger partial charge in [0.15, 0.2) is 6.10 Å². The molecular formula is C26H30ClF2N5O6S. The summed E-state index contributed by atoms with van der Waals surface area (Å²) in [6, 6.07) is 6.33. The summed E-state index contributed by atoms with van der Waals surface area (Å²) in [5, 5.41) is 12.5. The number of hydrogen-bond acceptors (Lipinski definition) is 9. The van der Waals surface area contributed by atoms with E-state index in [1.54, 1.807) is 4.90 Å². The summed E-state index contributed by atoms with van der Waals surface area (Å²) in [5.74, 6) is -3.35. The number of carbonyl (C=O) groups is 1. The second-order valence-corrected chi connectivity index (χ2v) is 12.9. The molecule has 4 aliphatic rings. The van der Waals surface area contributed by atoms with Gasteiger partial charge >= 0.3 is 6.09 Å². The molecule has 1 amide bonds. The summed E-state index contributed by atoms with van der Waals surface area (Å²) in [6.45, 7) is 1.45. The predicted octanol–water partition coefficient (Wildman–Crippen LogP) is 2.42. The molecule has 0 spiro atoms. The van der Waals surface area contributed by atoms with Crippen LogP contribution in [0.1, 0.15) is 18.4 Å². The lowest BCUT2D eigenvalue weighted by Gasteiger charge is -2.36. The zero-order valence-corrected chi connectivity index (χ0v) is 23.6. The Hall–Kier alpha value is -2.78. The minimum Gasteiger partial charge on any atom is -0.489 e. The third kappa shape index (κ3) is 5.09. The number of ether oxygens (including phenoxy) is 2. The van der Waals surface area contributed by atoms with Crippen molar-refractivity contribution in [1.82, 2.24) is 14.6 Å². The topological polar surface area (TPSA) is 125 Å². The van der Waals surface area contributed by atoms with E-state index < -0.39 is 40.1 Å². The Kier molecular flexibility index (Phi) is 7.47. The minimum absolute atomic E-state index is 0.000738. The Morgan fingerprint density at radius 3 is 2.56 bits per heavy atom. The van der Waals surface area contributed by atoms with Crippen LogP contribution >= 0.6 is 11.6 Å². The molecule has 15 heteroatoms. The summed E-state index contributed by atoms with van der Waals surface area (Å²) in [5.41, 5.74) is 0.188. The molecule has 0 unspecified atom stereocenters. The Balaban J connectivity index is 1.16. The number of aliphatic hydroxyl groups is 1. The Bertz CT molecular complexity index is 1440. The number of halogens is 3. The lowest BCUT2D eigenvalue weighted by atomic mass is 9.87. The zero-order valence-electron chi connectivity index (χ0n) is 22.0. The van der Waals surface area contributed by atoms with Crippen LogP contribution in [-0.2, 0) is 20.7 Å². The van der Waals surface area contributed by atoms with E-state index in [2.05, 4.69) is 10.3 Å². The highest BCUT2D eigenvalue weighted by Crippen LogP contribution is 2.43. The van der Waals surface area contributed by atoms with Crippen molar-refractivity contribution in [2.75, 3.05) is 62.3 Å². The maximum Gasteiger partial charge on any atom is 0.415 e. The van der Waals surface area contributed by atoms with E-state index in [4.69, 9.17) is 21.1 Å². The van der Waals surface area contributed by atoms with Gasteiger partial charge in [-0.2, -0.15) is 4.31 Å². The number of cyclic esters (lactones) is 1. The van der Waals surface area contributed by atoms with E-state index in [9.17, 15) is 18.3 Å². The molecular weight excluding hydrogens is 584 g/mol. The van der Waals surface area contributed by atoms with Crippen molar-refractivity contribution in [2.24, 2.45) is 5.92 Å².